The molecular weight excluding hydrogens is 498 g/mol. The Balaban J connectivity index is 2.20. The van der Waals surface area contributed by atoms with Gasteiger partial charge in [-0.1, -0.05) is 0 Å². The summed E-state index contributed by atoms with van der Waals surface area (Å²) in [4.78, 5) is 0. The van der Waals surface area contributed by atoms with Crippen LogP contribution in [-0.4, -0.2) is 45.6 Å². The topological polar surface area (TPSA) is 111 Å². The molecule has 2 aromatic rings. The summed E-state index contributed by atoms with van der Waals surface area (Å²) in [6.45, 7) is 0. The summed E-state index contributed by atoms with van der Waals surface area (Å²) >= 11 is 0. The van der Waals surface area contributed by atoms with Crippen molar-refractivity contribution in [1.82, 2.24) is 0 Å². The second-order valence-electron chi connectivity index (χ2n) is 7.13. The van der Waals surface area contributed by atoms with Crippen LogP contribution in [-0.2, 0) is 0 Å². The SMILES string of the molecule is Nc1ccc(OC2(F)C(F)(F)C(F)(F)C(F)(Oc3ccc(N)c(O)c3)C(F)(F)C2(F)F)cc1O. The number of hydrogen-bond acceptors (Lipinski definition) is 6. The number of phenolic OH excluding ortho intramolecular Hbond substituents is 2. The number of phenols is 2. The molecule has 2 aromatic carbocycles. The number of nitrogens with two attached hydrogens (primary N) is 2. The molecule has 0 atom stereocenters. The molecule has 0 saturated heterocycles. The summed E-state index contributed by atoms with van der Waals surface area (Å²) in [5.74, 6) is -46.6. The molecule has 0 unspecified atom stereocenters. The van der Waals surface area contributed by atoms with Crippen molar-refractivity contribution in [3.8, 4) is 23.0 Å². The van der Waals surface area contributed by atoms with Gasteiger partial charge in [-0.15, -0.1) is 0 Å². The van der Waals surface area contributed by atoms with E-state index in [2.05, 4.69) is 9.47 Å². The monoisotopic (exact) mass is 510 g/mol. The van der Waals surface area contributed by atoms with Crippen LogP contribution in [0.3, 0.4) is 0 Å². The van der Waals surface area contributed by atoms with Gasteiger partial charge in [0.1, 0.15) is 23.0 Å². The van der Waals surface area contributed by atoms with Crippen LogP contribution < -0.4 is 20.9 Å². The molecule has 0 spiro atoms. The molecule has 16 heteroatoms. The van der Waals surface area contributed by atoms with Crippen LogP contribution in [0.2, 0.25) is 0 Å². The van der Waals surface area contributed by atoms with Crippen LogP contribution in [0.4, 0.5) is 55.3 Å². The first-order chi connectivity index (χ1) is 15.3. The van der Waals surface area contributed by atoms with E-state index in [-0.39, 0.29) is 12.1 Å². The molecule has 0 heterocycles. The molecule has 1 saturated carbocycles. The smallest absolute Gasteiger partial charge is 0.392 e. The highest BCUT2D eigenvalue weighted by Gasteiger charge is 3.03. The normalized spacial score (nSPS) is 28.8. The Kier molecular flexibility index (Phi) is 5.20. The van der Waals surface area contributed by atoms with Gasteiger partial charge < -0.3 is 31.2 Å². The third kappa shape index (κ3) is 2.89. The third-order valence-electron chi connectivity index (χ3n) is 4.92. The molecule has 34 heavy (non-hydrogen) atoms. The molecule has 6 N–H and O–H groups in total. The summed E-state index contributed by atoms with van der Waals surface area (Å²) in [6.07, 6.45) is 0. The summed E-state index contributed by atoms with van der Waals surface area (Å²) in [5, 5.41) is 18.7. The maximum absolute atomic E-state index is 15.0. The van der Waals surface area contributed by atoms with E-state index in [1.165, 1.54) is 0 Å². The maximum atomic E-state index is 15.0. The molecular formula is C18H12F10N2O4. The molecule has 1 aliphatic rings. The van der Waals surface area contributed by atoms with E-state index >= 15 is 0 Å². The van der Waals surface area contributed by atoms with E-state index in [0.717, 1.165) is 0 Å². The first-order valence-corrected chi connectivity index (χ1v) is 8.71. The predicted molar refractivity (Wildman–Crippen MR) is 93.8 cm³/mol. The quantitative estimate of drug-likeness (QED) is 0.272. The average molecular weight is 510 g/mol. The highest BCUT2D eigenvalue weighted by molar-refractivity contribution is 5.55. The van der Waals surface area contributed by atoms with Crippen molar-refractivity contribution >= 4 is 11.4 Å². The minimum absolute atomic E-state index is 0.0874. The number of aromatic hydroxyl groups is 2. The summed E-state index contributed by atoms with van der Waals surface area (Å²) in [7, 11) is 0. The molecule has 0 radical (unpaired) electrons. The maximum Gasteiger partial charge on any atom is 0.392 e. The molecule has 188 valence electrons. The minimum Gasteiger partial charge on any atom is -0.506 e. The molecule has 0 aromatic heterocycles. The van der Waals surface area contributed by atoms with Crippen molar-refractivity contribution in [3.05, 3.63) is 36.4 Å². The lowest BCUT2D eigenvalue weighted by Gasteiger charge is -2.53. The van der Waals surface area contributed by atoms with Crippen molar-refractivity contribution in [3.63, 3.8) is 0 Å². The lowest BCUT2D eigenvalue weighted by atomic mass is 9.77. The van der Waals surface area contributed by atoms with Crippen LogP contribution in [0.5, 0.6) is 23.0 Å². The van der Waals surface area contributed by atoms with Crippen LogP contribution in [0, 0.1) is 0 Å². The second-order valence-corrected chi connectivity index (χ2v) is 7.13. The zero-order valence-corrected chi connectivity index (χ0v) is 16.1. The van der Waals surface area contributed by atoms with Gasteiger partial charge in [0, 0.05) is 12.1 Å². The van der Waals surface area contributed by atoms with Crippen molar-refractivity contribution < 1.29 is 63.6 Å². The van der Waals surface area contributed by atoms with Crippen LogP contribution >= 0.6 is 0 Å². The van der Waals surface area contributed by atoms with Crippen LogP contribution in [0.15, 0.2) is 36.4 Å². The van der Waals surface area contributed by atoms with Gasteiger partial charge in [-0.05, 0) is 24.3 Å². The van der Waals surface area contributed by atoms with E-state index in [9.17, 15) is 54.1 Å². The lowest BCUT2D eigenvalue weighted by Crippen LogP contribution is -2.87. The van der Waals surface area contributed by atoms with Gasteiger partial charge in [0.15, 0.2) is 0 Å². The Morgan fingerprint density at radius 2 is 0.794 bits per heavy atom. The standard InChI is InChI=1S/C18H12F10N2O4/c19-13(20)15(23,24)18(28,34-8-2-4-10(30)12(32)6-8)16(25,26)14(21,22)17(13,27)33-7-1-3-9(29)11(31)5-7/h1-6,31-32H,29-30H2. The number of nitrogen functional groups attached to an aromatic ring is 2. The van der Waals surface area contributed by atoms with E-state index < -0.39 is 69.8 Å². The average Bonchev–Trinajstić information content (AvgIpc) is 2.71. The van der Waals surface area contributed by atoms with Crippen LogP contribution in [0.25, 0.3) is 0 Å². The largest absolute Gasteiger partial charge is 0.506 e. The molecule has 0 amide bonds. The van der Waals surface area contributed by atoms with Gasteiger partial charge in [-0.25, -0.2) is 0 Å². The fourth-order valence-electron chi connectivity index (χ4n) is 2.96. The fraction of sp³-hybridized carbons (Fsp3) is 0.333. The molecule has 6 nitrogen and oxygen atoms in total. The summed E-state index contributed by atoms with van der Waals surface area (Å²) in [5.41, 5.74) is 9.22. The zero-order chi connectivity index (χ0) is 26.1. The predicted octanol–water partition coefficient (Wildman–Crippen LogP) is 4.61. The van der Waals surface area contributed by atoms with E-state index in [0.29, 0.717) is 24.3 Å². The second kappa shape index (κ2) is 7.02. The number of anilines is 2. The van der Waals surface area contributed by atoms with Gasteiger partial charge in [0.25, 0.3) is 0 Å². The molecule has 1 fully saturated rings. The highest BCUT2D eigenvalue weighted by atomic mass is 19.4. The van der Waals surface area contributed by atoms with Crippen molar-refractivity contribution in [2.45, 2.75) is 35.4 Å². The van der Waals surface area contributed by atoms with Gasteiger partial charge in [0.05, 0.1) is 11.4 Å². The highest BCUT2D eigenvalue weighted by Crippen LogP contribution is 2.69. The number of halogens is 10. The van der Waals surface area contributed by atoms with Gasteiger partial charge >= 0.3 is 35.4 Å². The molecule has 0 aliphatic heterocycles. The van der Waals surface area contributed by atoms with E-state index in [1.807, 2.05) is 0 Å². The Labute approximate surface area is 182 Å². The fourth-order valence-corrected chi connectivity index (χ4v) is 2.96. The zero-order valence-electron chi connectivity index (χ0n) is 16.1. The van der Waals surface area contributed by atoms with E-state index in [1.54, 1.807) is 0 Å². The number of alkyl halides is 10. The Hall–Kier alpha value is -3.46. The van der Waals surface area contributed by atoms with Gasteiger partial charge in [0.2, 0.25) is 0 Å². The Morgan fingerprint density at radius 1 is 0.529 bits per heavy atom. The van der Waals surface area contributed by atoms with E-state index in [4.69, 9.17) is 11.5 Å². The molecule has 3 rings (SSSR count). The minimum atomic E-state index is -7.03. The molecule has 1 aliphatic carbocycles. The van der Waals surface area contributed by atoms with Gasteiger partial charge in [-0.3, -0.25) is 0 Å². The van der Waals surface area contributed by atoms with Crippen molar-refractivity contribution in [2.75, 3.05) is 11.5 Å². The van der Waals surface area contributed by atoms with Crippen LogP contribution in [0.1, 0.15) is 0 Å². The Morgan fingerprint density at radius 3 is 1.03 bits per heavy atom. The summed E-state index contributed by atoms with van der Waals surface area (Å²) < 4.78 is 153. The molecule has 0 bridgehead atoms. The number of rotatable bonds is 4. The number of hydrogen-bond donors (Lipinski definition) is 4. The van der Waals surface area contributed by atoms with Crippen molar-refractivity contribution in [2.24, 2.45) is 0 Å². The first kappa shape index (κ1) is 25.2. The third-order valence-corrected chi connectivity index (χ3v) is 4.92. The first-order valence-electron chi connectivity index (χ1n) is 8.71. The van der Waals surface area contributed by atoms with Gasteiger partial charge in [-0.2, -0.15) is 43.9 Å². The number of benzene rings is 2. The summed E-state index contributed by atoms with van der Waals surface area (Å²) in [6, 6.07) is 1.90. The van der Waals surface area contributed by atoms with Crippen molar-refractivity contribution in [1.29, 1.82) is 0 Å². The lowest BCUT2D eigenvalue weighted by molar-refractivity contribution is -0.520. The Bertz CT molecular complexity index is 1010. The number of ether oxygens (including phenoxy) is 2.